The number of halogens is 1. The van der Waals surface area contributed by atoms with E-state index in [1.807, 2.05) is 18.2 Å². The third-order valence-corrected chi connectivity index (χ3v) is 4.67. The van der Waals surface area contributed by atoms with Crippen molar-refractivity contribution in [2.75, 3.05) is 18.0 Å². The number of para-hydroxylation sites is 1. The van der Waals surface area contributed by atoms with Gasteiger partial charge in [0.05, 0.1) is 6.54 Å². The van der Waals surface area contributed by atoms with Crippen molar-refractivity contribution in [3.05, 3.63) is 29.8 Å². The van der Waals surface area contributed by atoms with Crippen LogP contribution in [-0.2, 0) is 16.0 Å². The van der Waals surface area contributed by atoms with Crippen LogP contribution in [0.15, 0.2) is 24.3 Å². The van der Waals surface area contributed by atoms with Gasteiger partial charge in [-0.25, -0.2) is 0 Å². The third kappa shape index (κ3) is 4.03. The molecule has 6 heteroatoms. The number of aryl methyl sites for hydroxylation is 1. The van der Waals surface area contributed by atoms with Crippen LogP contribution in [0.5, 0.6) is 0 Å². The second kappa shape index (κ2) is 7.79. The molecular weight excluding hydrogens is 314 g/mol. The average Bonchev–Trinajstić information content (AvgIpc) is 2.98. The van der Waals surface area contributed by atoms with Crippen LogP contribution in [0.3, 0.4) is 0 Å². The Morgan fingerprint density at radius 3 is 2.78 bits per heavy atom. The van der Waals surface area contributed by atoms with Crippen LogP contribution < -0.4 is 16.0 Å². The van der Waals surface area contributed by atoms with Gasteiger partial charge in [0.15, 0.2) is 0 Å². The molecule has 0 radical (unpaired) electrons. The van der Waals surface area contributed by atoms with Crippen LogP contribution in [0.4, 0.5) is 5.69 Å². The molecule has 2 aliphatic rings. The number of hydrogen-bond donors (Lipinski definition) is 2. The smallest absolute Gasteiger partial charge is 0.246 e. The van der Waals surface area contributed by atoms with Gasteiger partial charge in [-0.1, -0.05) is 18.2 Å². The summed E-state index contributed by atoms with van der Waals surface area (Å²) < 4.78 is 0. The van der Waals surface area contributed by atoms with Crippen molar-refractivity contribution in [3.63, 3.8) is 0 Å². The highest BCUT2D eigenvalue weighted by molar-refractivity contribution is 5.97. The van der Waals surface area contributed by atoms with Gasteiger partial charge < -0.3 is 16.0 Å². The Labute approximate surface area is 143 Å². The molecule has 1 fully saturated rings. The molecule has 2 amide bonds. The van der Waals surface area contributed by atoms with Gasteiger partial charge in [-0.3, -0.25) is 9.59 Å². The molecule has 0 saturated heterocycles. The molecule has 3 N–H and O–H groups in total. The fourth-order valence-electron chi connectivity index (χ4n) is 3.45. The topological polar surface area (TPSA) is 75.4 Å². The number of nitrogens with one attached hydrogen (secondary N) is 1. The fraction of sp³-hybridized carbons (Fsp3) is 0.529. The van der Waals surface area contributed by atoms with E-state index in [-0.39, 0.29) is 42.7 Å². The molecule has 1 heterocycles. The van der Waals surface area contributed by atoms with Crippen LogP contribution in [0.25, 0.3) is 0 Å². The molecule has 0 spiro atoms. The molecule has 2 atom stereocenters. The molecule has 2 unspecified atom stereocenters. The number of carbonyl (C=O) groups is 2. The predicted molar refractivity (Wildman–Crippen MR) is 92.7 cm³/mol. The van der Waals surface area contributed by atoms with Gasteiger partial charge in [0.2, 0.25) is 11.8 Å². The first kappa shape index (κ1) is 17.8. The van der Waals surface area contributed by atoms with E-state index in [2.05, 4.69) is 11.4 Å². The lowest BCUT2D eigenvalue weighted by molar-refractivity contribution is -0.127. The second-order valence-electron chi connectivity index (χ2n) is 6.27. The summed E-state index contributed by atoms with van der Waals surface area (Å²) in [6.45, 7) is 0.791. The number of fused-ring (bicyclic) bond motifs is 1. The lowest BCUT2D eigenvalue weighted by atomic mass is 10.0. The Morgan fingerprint density at radius 1 is 1.26 bits per heavy atom. The number of carbonyl (C=O) groups excluding carboxylic acids is 2. The minimum absolute atomic E-state index is 0. The highest BCUT2D eigenvalue weighted by Gasteiger charge is 2.28. The van der Waals surface area contributed by atoms with E-state index in [0.29, 0.717) is 0 Å². The van der Waals surface area contributed by atoms with Crippen LogP contribution in [0.2, 0.25) is 0 Å². The van der Waals surface area contributed by atoms with Crippen molar-refractivity contribution in [2.24, 2.45) is 11.7 Å². The summed E-state index contributed by atoms with van der Waals surface area (Å²) in [6, 6.07) is 8.11. The van der Waals surface area contributed by atoms with Crippen LogP contribution in [0.1, 0.15) is 31.2 Å². The summed E-state index contributed by atoms with van der Waals surface area (Å²) in [5, 5.41) is 2.79. The molecule has 1 aromatic rings. The van der Waals surface area contributed by atoms with Crippen molar-refractivity contribution in [2.45, 2.75) is 38.1 Å². The summed E-state index contributed by atoms with van der Waals surface area (Å²) >= 11 is 0. The van der Waals surface area contributed by atoms with Gasteiger partial charge in [-0.05, 0) is 43.7 Å². The molecular formula is C17H24ClN3O2. The number of rotatable bonds is 3. The lowest BCUT2D eigenvalue weighted by Gasteiger charge is -2.29. The Bertz CT molecular complexity index is 579. The normalized spacial score (nSPS) is 22.9. The van der Waals surface area contributed by atoms with Gasteiger partial charge in [0.1, 0.15) is 0 Å². The summed E-state index contributed by atoms with van der Waals surface area (Å²) in [4.78, 5) is 26.3. The van der Waals surface area contributed by atoms with E-state index in [4.69, 9.17) is 5.73 Å². The van der Waals surface area contributed by atoms with Crippen LogP contribution in [-0.4, -0.2) is 30.9 Å². The minimum Gasteiger partial charge on any atom is -0.347 e. The van der Waals surface area contributed by atoms with Gasteiger partial charge >= 0.3 is 0 Å². The number of anilines is 1. The van der Waals surface area contributed by atoms with Crippen molar-refractivity contribution >= 4 is 29.9 Å². The molecule has 1 saturated carbocycles. The van der Waals surface area contributed by atoms with Gasteiger partial charge in [-0.2, -0.15) is 0 Å². The molecule has 1 aromatic carbocycles. The molecule has 3 rings (SSSR count). The maximum Gasteiger partial charge on any atom is 0.246 e. The van der Waals surface area contributed by atoms with E-state index in [1.54, 1.807) is 4.90 Å². The molecule has 1 aliphatic heterocycles. The number of amides is 2. The summed E-state index contributed by atoms with van der Waals surface area (Å²) in [5.41, 5.74) is 8.02. The number of nitrogens with zero attached hydrogens (tertiary/aromatic N) is 1. The zero-order valence-electron chi connectivity index (χ0n) is 13.2. The zero-order chi connectivity index (χ0) is 15.5. The number of hydrogen-bond acceptors (Lipinski definition) is 3. The summed E-state index contributed by atoms with van der Waals surface area (Å²) in [6.07, 6.45) is 4.42. The molecule has 23 heavy (non-hydrogen) atoms. The first-order valence-electron chi connectivity index (χ1n) is 8.06. The van der Waals surface area contributed by atoms with Gasteiger partial charge in [0, 0.05) is 24.2 Å². The molecule has 5 nitrogen and oxygen atoms in total. The maximum atomic E-state index is 12.4. The highest BCUT2D eigenvalue weighted by Crippen LogP contribution is 2.27. The second-order valence-corrected chi connectivity index (χ2v) is 6.27. The van der Waals surface area contributed by atoms with E-state index in [0.717, 1.165) is 44.3 Å². The Kier molecular flexibility index (Phi) is 6.02. The standard InChI is InChI=1S/C17H23N3O2.ClH/c18-14-8-7-13(10-14)17(22)19-11-16(21)20-9-3-5-12-4-1-2-6-15(12)20;/h1-2,4,6,13-14H,3,5,7-11,18H2,(H,19,22);1H. The van der Waals surface area contributed by atoms with Gasteiger partial charge in [0.25, 0.3) is 0 Å². The third-order valence-electron chi connectivity index (χ3n) is 4.67. The number of nitrogens with two attached hydrogens (primary N) is 1. The van der Waals surface area contributed by atoms with E-state index in [1.165, 1.54) is 5.56 Å². The van der Waals surface area contributed by atoms with Crippen molar-refractivity contribution in [1.82, 2.24) is 5.32 Å². The predicted octanol–water partition coefficient (Wildman–Crippen LogP) is 1.63. The SMILES string of the molecule is Cl.NC1CCC(C(=O)NCC(=O)N2CCCc3ccccc32)C1. The van der Waals surface area contributed by atoms with E-state index >= 15 is 0 Å². The average molecular weight is 338 g/mol. The monoisotopic (exact) mass is 337 g/mol. The first-order valence-corrected chi connectivity index (χ1v) is 8.06. The van der Waals surface area contributed by atoms with Crippen molar-refractivity contribution in [1.29, 1.82) is 0 Å². The van der Waals surface area contributed by atoms with Crippen molar-refractivity contribution < 1.29 is 9.59 Å². The first-order chi connectivity index (χ1) is 10.6. The molecule has 1 aliphatic carbocycles. The maximum absolute atomic E-state index is 12.4. The van der Waals surface area contributed by atoms with Crippen LogP contribution >= 0.6 is 12.4 Å². The Morgan fingerprint density at radius 2 is 2.04 bits per heavy atom. The zero-order valence-corrected chi connectivity index (χ0v) is 14.0. The van der Waals surface area contributed by atoms with Crippen LogP contribution in [0, 0.1) is 5.92 Å². The lowest BCUT2D eigenvalue weighted by Crippen LogP contribution is -2.43. The number of benzene rings is 1. The molecule has 126 valence electrons. The summed E-state index contributed by atoms with van der Waals surface area (Å²) in [5.74, 6) is -0.106. The molecule has 0 bridgehead atoms. The quantitative estimate of drug-likeness (QED) is 0.880. The van der Waals surface area contributed by atoms with E-state index in [9.17, 15) is 9.59 Å². The van der Waals surface area contributed by atoms with Gasteiger partial charge in [-0.15, -0.1) is 12.4 Å². The Balaban J connectivity index is 0.00000192. The summed E-state index contributed by atoms with van der Waals surface area (Å²) in [7, 11) is 0. The minimum atomic E-state index is -0.0391. The fourth-order valence-corrected chi connectivity index (χ4v) is 3.45. The Hall–Kier alpha value is -1.59. The highest BCUT2D eigenvalue weighted by atomic mass is 35.5. The molecule has 0 aromatic heterocycles. The largest absolute Gasteiger partial charge is 0.347 e. The van der Waals surface area contributed by atoms with Crippen molar-refractivity contribution in [3.8, 4) is 0 Å². The van der Waals surface area contributed by atoms with E-state index < -0.39 is 0 Å².